The van der Waals surface area contributed by atoms with Crippen molar-refractivity contribution in [1.29, 1.82) is 0 Å². The van der Waals surface area contributed by atoms with Gasteiger partial charge in [0.15, 0.2) is 4.70 Å². The SMILES string of the molecule is C=CC(=O)Nc1cc(Nc2nccc(-c3c[s+](C)c4c[nH]cc34)n2)c(OC)cc1N(C)CCN(C)C. The summed E-state index contributed by atoms with van der Waals surface area (Å²) in [5, 5.41) is 9.61. The van der Waals surface area contributed by atoms with Crippen LogP contribution < -0.4 is 20.3 Å². The van der Waals surface area contributed by atoms with Crippen LogP contribution >= 0.6 is 10.5 Å². The third-order valence-corrected chi connectivity index (χ3v) is 7.49. The summed E-state index contributed by atoms with van der Waals surface area (Å²) in [6.45, 7) is 5.20. The molecular formula is C26H32N7O2S+. The van der Waals surface area contributed by atoms with Gasteiger partial charge in [-0.2, -0.15) is 0 Å². The summed E-state index contributed by atoms with van der Waals surface area (Å²) in [5.74, 6) is 0.744. The summed E-state index contributed by atoms with van der Waals surface area (Å²) in [6, 6.07) is 5.64. The molecule has 0 aliphatic carbocycles. The van der Waals surface area contributed by atoms with E-state index in [1.165, 1.54) is 16.2 Å². The smallest absolute Gasteiger partial charge is 0.247 e. The van der Waals surface area contributed by atoms with Crippen molar-refractivity contribution in [3.8, 4) is 17.0 Å². The predicted octanol–water partition coefficient (Wildman–Crippen LogP) is 4.79. The van der Waals surface area contributed by atoms with Crippen LogP contribution in [0.25, 0.3) is 21.3 Å². The number of amides is 1. The molecule has 9 nitrogen and oxygen atoms in total. The molecule has 188 valence electrons. The van der Waals surface area contributed by atoms with Gasteiger partial charge in [0.05, 0.1) is 47.0 Å². The van der Waals surface area contributed by atoms with E-state index in [9.17, 15) is 4.79 Å². The van der Waals surface area contributed by atoms with E-state index in [1.54, 1.807) is 13.3 Å². The zero-order valence-corrected chi connectivity index (χ0v) is 22.1. The predicted molar refractivity (Wildman–Crippen MR) is 150 cm³/mol. The van der Waals surface area contributed by atoms with Gasteiger partial charge < -0.3 is 30.2 Å². The van der Waals surface area contributed by atoms with E-state index in [0.29, 0.717) is 23.1 Å². The van der Waals surface area contributed by atoms with Crippen LogP contribution in [0.5, 0.6) is 5.75 Å². The average molecular weight is 507 g/mol. The van der Waals surface area contributed by atoms with Crippen molar-refractivity contribution in [2.75, 3.05) is 56.9 Å². The van der Waals surface area contributed by atoms with Crippen LogP contribution in [0.3, 0.4) is 0 Å². The van der Waals surface area contributed by atoms with Gasteiger partial charge in [-0.3, -0.25) is 4.79 Å². The number of hydrogen-bond acceptors (Lipinski definition) is 7. The Bertz CT molecular complexity index is 1390. The fourth-order valence-corrected chi connectivity index (χ4v) is 5.42. The van der Waals surface area contributed by atoms with Gasteiger partial charge in [0.2, 0.25) is 11.9 Å². The molecule has 4 aromatic rings. The highest BCUT2D eigenvalue weighted by molar-refractivity contribution is 7.34. The number of carbonyl (C=O) groups is 1. The van der Waals surface area contributed by atoms with Crippen LogP contribution in [0.4, 0.5) is 23.0 Å². The average Bonchev–Trinajstić information content (AvgIpc) is 3.47. The molecule has 36 heavy (non-hydrogen) atoms. The van der Waals surface area contributed by atoms with E-state index in [1.807, 2.05) is 51.7 Å². The molecule has 0 aliphatic rings. The zero-order chi connectivity index (χ0) is 25.8. The molecule has 0 spiro atoms. The molecule has 4 rings (SSSR count). The Hall–Kier alpha value is -3.89. The van der Waals surface area contributed by atoms with Crippen molar-refractivity contribution in [1.82, 2.24) is 19.9 Å². The minimum absolute atomic E-state index is 0.0310. The topological polar surface area (TPSA) is 98.4 Å². The van der Waals surface area contributed by atoms with Crippen LogP contribution in [0.15, 0.2) is 54.8 Å². The van der Waals surface area contributed by atoms with E-state index in [4.69, 9.17) is 9.72 Å². The number of thiophene rings is 1. The molecule has 1 unspecified atom stereocenters. The minimum Gasteiger partial charge on any atom is -0.494 e. The van der Waals surface area contributed by atoms with Gasteiger partial charge in [0.1, 0.15) is 17.4 Å². The second-order valence-electron chi connectivity index (χ2n) is 8.70. The number of likely N-dealkylation sites (N-methyl/N-ethyl adjacent to an activating group) is 2. The molecule has 1 aromatic carbocycles. The number of ether oxygens (including phenoxy) is 1. The fraction of sp³-hybridized carbons (Fsp3) is 0.269. The highest BCUT2D eigenvalue weighted by atomic mass is 32.2. The monoisotopic (exact) mass is 506 g/mol. The van der Waals surface area contributed by atoms with Gasteiger partial charge in [-0.15, -0.1) is 0 Å². The maximum absolute atomic E-state index is 12.2. The Morgan fingerprint density at radius 2 is 2.03 bits per heavy atom. The lowest BCUT2D eigenvalue weighted by Gasteiger charge is -2.26. The summed E-state index contributed by atoms with van der Waals surface area (Å²) in [5.41, 5.74) is 4.02. The number of anilines is 4. The standard InChI is InChI=1S/C26H31N7O2S/c1-7-25(34)29-20-12-21(23(35-5)13-22(20)33(4)11-10-32(2)3)31-26-28-9-8-19(30-26)18-16-36(6)24-15-27-14-17(18)24/h7-9,12-16,27H,1,10-11H2,2-6H3,(H-,28,29,30,31,34)/p+1. The minimum atomic E-state index is -0.294. The Morgan fingerprint density at radius 1 is 1.22 bits per heavy atom. The summed E-state index contributed by atoms with van der Waals surface area (Å²) >= 11 is 0. The third kappa shape index (κ3) is 5.34. The number of carbonyl (C=O) groups excluding carboxylic acids is 1. The number of methoxy groups -OCH3 is 1. The first-order valence-corrected chi connectivity index (χ1v) is 13.2. The molecule has 0 fully saturated rings. The lowest BCUT2D eigenvalue weighted by atomic mass is 10.2. The maximum atomic E-state index is 12.2. The summed E-state index contributed by atoms with van der Waals surface area (Å²) in [4.78, 5) is 28.8. The van der Waals surface area contributed by atoms with Gasteiger partial charge in [-0.1, -0.05) is 6.58 Å². The maximum Gasteiger partial charge on any atom is 0.247 e. The molecule has 1 amide bonds. The molecule has 0 aliphatic heterocycles. The van der Waals surface area contributed by atoms with E-state index >= 15 is 0 Å². The van der Waals surface area contributed by atoms with E-state index < -0.39 is 0 Å². The molecule has 0 saturated heterocycles. The number of nitrogens with one attached hydrogen (secondary N) is 3. The Balaban J connectivity index is 1.70. The second kappa shape index (κ2) is 10.8. The first-order chi connectivity index (χ1) is 17.3. The number of aromatic amines is 1. The lowest BCUT2D eigenvalue weighted by molar-refractivity contribution is -0.111. The van der Waals surface area contributed by atoms with Crippen LogP contribution in [0.2, 0.25) is 0 Å². The Kier molecular flexibility index (Phi) is 7.56. The second-order valence-corrected chi connectivity index (χ2v) is 10.5. The van der Waals surface area contributed by atoms with Gasteiger partial charge in [-0.05, 0) is 42.8 Å². The molecule has 0 bridgehead atoms. The molecule has 3 aromatic heterocycles. The first kappa shape index (κ1) is 25.2. The van der Waals surface area contributed by atoms with Crippen molar-refractivity contribution in [2.24, 2.45) is 6.26 Å². The highest BCUT2D eigenvalue weighted by Gasteiger charge is 2.20. The van der Waals surface area contributed by atoms with Gasteiger partial charge in [0, 0.05) is 38.6 Å². The number of benzene rings is 1. The third-order valence-electron chi connectivity index (χ3n) is 5.87. The number of rotatable bonds is 10. The normalized spacial score (nSPS) is 11.6. The number of H-pyrrole nitrogens is 1. The van der Waals surface area contributed by atoms with Crippen molar-refractivity contribution >= 4 is 49.5 Å². The van der Waals surface area contributed by atoms with Crippen molar-refractivity contribution in [3.05, 3.63) is 54.8 Å². The van der Waals surface area contributed by atoms with Crippen LogP contribution in [0, 0.1) is 0 Å². The number of hydrogen-bond donors (Lipinski definition) is 3. The molecule has 0 radical (unpaired) electrons. The molecular weight excluding hydrogens is 474 g/mol. The molecule has 3 N–H and O–H groups in total. The van der Waals surface area contributed by atoms with Crippen molar-refractivity contribution < 1.29 is 9.53 Å². The van der Waals surface area contributed by atoms with Crippen LogP contribution in [-0.2, 0) is 11.1 Å². The number of aromatic nitrogens is 3. The summed E-state index contributed by atoms with van der Waals surface area (Å²) < 4.78 is 6.99. The first-order valence-electron chi connectivity index (χ1n) is 11.5. The fourth-order valence-electron chi connectivity index (χ4n) is 3.92. The molecule has 3 heterocycles. The van der Waals surface area contributed by atoms with E-state index in [-0.39, 0.29) is 16.4 Å². The van der Waals surface area contributed by atoms with Crippen molar-refractivity contribution in [3.63, 3.8) is 0 Å². The quantitative estimate of drug-likeness (QED) is 0.210. The summed E-state index contributed by atoms with van der Waals surface area (Å²) in [6.07, 6.45) is 9.24. The highest BCUT2D eigenvalue weighted by Crippen LogP contribution is 2.40. The zero-order valence-electron chi connectivity index (χ0n) is 21.3. The molecule has 1 atom stereocenters. The van der Waals surface area contributed by atoms with Crippen LogP contribution in [-0.4, -0.2) is 67.1 Å². The Morgan fingerprint density at radius 3 is 2.75 bits per heavy atom. The van der Waals surface area contributed by atoms with Crippen LogP contribution in [0.1, 0.15) is 0 Å². The van der Waals surface area contributed by atoms with Gasteiger partial charge in [0.25, 0.3) is 0 Å². The van der Waals surface area contributed by atoms with E-state index in [2.05, 4.69) is 48.6 Å². The lowest BCUT2D eigenvalue weighted by Crippen LogP contribution is -2.29. The largest absolute Gasteiger partial charge is 0.494 e. The van der Waals surface area contributed by atoms with Gasteiger partial charge in [-0.25, -0.2) is 9.97 Å². The molecule has 10 heteroatoms. The number of nitrogens with zero attached hydrogens (tertiary/aromatic N) is 4. The summed E-state index contributed by atoms with van der Waals surface area (Å²) in [7, 11) is 7.67. The number of fused-ring (bicyclic) bond motifs is 1. The Labute approximate surface area is 213 Å². The van der Waals surface area contributed by atoms with E-state index in [0.717, 1.165) is 30.0 Å². The number of aryl methyl sites for hydroxylation is 1. The van der Waals surface area contributed by atoms with Gasteiger partial charge >= 0.3 is 0 Å². The van der Waals surface area contributed by atoms with Crippen molar-refractivity contribution in [2.45, 2.75) is 0 Å². The molecule has 0 saturated carbocycles.